The number of benzene rings is 2. The summed E-state index contributed by atoms with van der Waals surface area (Å²) < 4.78 is 71.0. The van der Waals surface area contributed by atoms with E-state index in [1.54, 1.807) is 30.3 Å². The van der Waals surface area contributed by atoms with Crippen molar-refractivity contribution >= 4 is 37.4 Å². The lowest BCUT2D eigenvalue weighted by Gasteiger charge is -2.35. The van der Waals surface area contributed by atoms with E-state index in [1.807, 2.05) is 0 Å². The van der Waals surface area contributed by atoms with Gasteiger partial charge in [-0.25, -0.2) is 21.2 Å². The second-order valence-corrected chi connectivity index (χ2v) is 12.4. The summed E-state index contributed by atoms with van der Waals surface area (Å²) in [6, 6.07) is 11.3. The molecule has 0 saturated carbocycles. The zero-order valence-electron chi connectivity index (χ0n) is 19.2. The molecule has 2 aromatic rings. The third-order valence-corrected chi connectivity index (χ3v) is 8.59. The Morgan fingerprint density at radius 1 is 1.14 bits per heavy atom. The number of rotatable bonds is 8. The second-order valence-electron chi connectivity index (χ2n) is 8.12. The zero-order valence-corrected chi connectivity index (χ0v) is 21.6. The maximum atomic E-state index is 15.3. The molecule has 1 saturated heterocycles. The number of nitrogens with zero attached hydrogens (tertiary/aromatic N) is 1. The molecule has 0 unspecified atom stereocenters. The number of sulfonamides is 1. The van der Waals surface area contributed by atoms with Crippen molar-refractivity contribution in [3.63, 3.8) is 0 Å². The molecule has 1 aliphatic rings. The van der Waals surface area contributed by atoms with Gasteiger partial charge < -0.3 is 10.1 Å². The molecule has 1 N–H and O–H groups in total. The number of amides is 1. The minimum Gasteiger partial charge on any atom is -0.497 e. The van der Waals surface area contributed by atoms with Gasteiger partial charge in [0.25, 0.3) is 5.91 Å². The predicted octanol–water partition coefficient (Wildman–Crippen LogP) is 3.18. The largest absolute Gasteiger partial charge is 0.497 e. The SMILES string of the molecule is COc1ccc(S(=O)(=O)N2CCC(F)(C(=O)NC/C=C/S(C)(=O)=O)CC2)c(-c2ccccc2Cl)c1. The van der Waals surface area contributed by atoms with Crippen LogP contribution in [0.2, 0.25) is 5.02 Å². The fraction of sp³-hybridized carbons (Fsp3) is 0.348. The summed E-state index contributed by atoms with van der Waals surface area (Å²) in [6.45, 7) is -0.578. The predicted molar refractivity (Wildman–Crippen MR) is 132 cm³/mol. The van der Waals surface area contributed by atoms with Crippen molar-refractivity contribution in [2.45, 2.75) is 23.4 Å². The third-order valence-electron chi connectivity index (χ3n) is 5.61. The molecule has 1 amide bonds. The molecule has 0 aliphatic carbocycles. The van der Waals surface area contributed by atoms with Gasteiger partial charge in [-0.3, -0.25) is 4.79 Å². The van der Waals surface area contributed by atoms with Crippen LogP contribution in [0.15, 0.2) is 58.8 Å². The number of methoxy groups -OCH3 is 1. The van der Waals surface area contributed by atoms with Crippen LogP contribution >= 0.6 is 11.6 Å². The van der Waals surface area contributed by atoms with Gasteiger partial charge >= 0.3 is 0 Å². The maximum Gasteiger partial charge on any atom is 0.258 e. The number of alkyl halides is 1. The lowest BCUT2D eigenvalue weighted by Crippen LogP contribution is -2.52. The average molecular weight is 545 g/mol. The molecule has 0 bridgehead atoms. The van der Waals surface area contributed by atoms with E-state index in [0.29, 0.717) is 21.9 Å². The molecule has 35 heavy (non-hydrogen) atoms. The van der Waals surface area contributed by atoms with E-state index < -0.39 is 31.4 Å². The molecule has 3 rings (SSSR count). The van der Waals surface area contributed by atoms with E-state index in [4.69, 9.17) is 16.3 Å². The summed E-state index contributed by atoms with van der Waals surface area (Å²) in [6.07, 6.45) is 1.52. The van der Waals surface area contributed by atoms with E-state index in [2.05, 4.69) is 5.32 Å². The maximum absolute atomic E-state index is 15.3. The Labute approximate surface area is 209 Å². The second kappa shape index (κ2) is 10.7. The van der Waals surface area contributed by atoms with Crippen LogP contribution in [0.5, 0.6) is 5.75 Å². The summed E-state index contributed by atoms with van der Waals surface area (Å²) >= 11 is 6.33. The van der Waals surface area contributed by atoms with E-state index in [0.717, 1.165) is 16.0 Å². The van der Waals surface area contributed by atoms with Gasteiger partial charge in [0.1, 0.15) is 5.75 Å². The van der Waals surface area contributed by atoms with E-state index >= 15 is 4.39 Å². The number of carbonyl (C=O) groups is 1. The lowest BCUT2D eigenvalue weighted by atomic mass is 9.93. The van der Waals surface area contributed by atoms with Crippen molar-refractivity contribution < 1.29 is 30.8 Å². The van der Waals surface area contributed by atoms with Gasteiger partial charge in [-0.2, -0.15) is 4.31 Å². The van der Waals surface area contributed by atoms with Crippen LogP contribution in [0.3, 0.4) is 0 Å². The Morgan fingerprint density at radius 2 is 1.80 bits per heavy atom. The summed E-state index contributed by atoms with van der Waals surface area (Å²) in [5, 5.41) is 3.62. The molecule has 0 spiro atoms. The number of carbonyl (C=O) groups excluding carboxylic acids is 1. The Kier molecular flexibility index (Phi) is 8.25. The molecular weight excluding hydrogens is 519 g/mol. The van der Waals surface area contributed by atoms with Gasteiger partial charge in [-0.15, -0.1) is 0 Å². The van der Waals surface area contributed by atoms with Crippen LogP contribution in [0.4, 0.5) is 4.39 Å². The highest BCUT2D eigenvalue weighted by molar-refractivity contribution is 7.93. The minimum atomic E-state index is -4.05. The minimum absolute atomic E-state index is 0.00637. The number of hydrogen-bond acceptors (Lipinski definition) is 6. The first-order valence-electron chi connectivity index (χ1n) is 10.6. The van der Waals surface area contributed by atoms with Crippen LogP contribution in [0, 0.1) is 0 Å². The normalized spacial score (nSPS) is 16.8. The Hall–Kier alpha value is -2.47. The standard InChI is InChI=1S/C23H26ClFN2O6S2/c1-33-17-8-9-21(19(16-17)18-6-3-4-7-20(18)24)35(31,32)27-13-10-23(25,11-14-27)22(28)26-12-5-15-34(2,29)30/h3-9,15-16H,10-14H2,1-2H3,(H,26,28)/b15-5+. The van der Waals surface area contributed by atoms with Crippen LogP contribution in [-0.2, 0) is 24.7 Å². The van der Waals surface area contributed by atoms with Gasteiger partial charge in [-0.05, 0) is 24.3 Å². The summed E-state index contributed by atoms with van der Waals surface area (Å²) in [5.74, 6) is -0.462. The van der Waals surface area contributed by atoms with Gasteiger partial charge in [0.05, 0.1) is 12.0 Å². The fourth-order valence-corrected chi connectivity index (χ4v) is 6.04. The highest BCUT2D eigenvalue weighted by atomic mass is 35.5. The van der Waals surface area contributed by atoms with Crippen molar-refractivity contribution in [2.75, 3.05) is 33.0 Å². The van der Waals surface area contributed by atoms with E-state index in [1.165, 1.54) is 25.3 Å². The van der Waals surface area contributed by atoms with Crippen molar-refractivity contribution in [3.8, 4) is 16.9 Å². The van der Waals surface area contributed by atoms with Crippen LogP contribution in [0.25, 0.3) is 11.1 Å². The number of ether oxygens (including phenoxy) is 1. The molecule has 2 aromatic carbocycles. The molecule has 1 aliphatic heterocycles. The molecule has 1 heterocycles. The summed E-state index contributed by atoms with van der Waals surface area (Å²) in [7, 11) is -5.95. The lowest BCUT2D eigenvalue weighted by molar-refractivity contribution is -0.135. The first-order valence-corrected chi connectivity index (χ1v) is 14.4. The topological polar surface area (TPSA) is 110 Å². The number of nitrogens with one attached hydrogen (secondary N) is 1. The van der Waals surface area contributed by atoms with Crippen molar-refractivity contribution in [2.24, 2.45) is 0 Å². The van der Waals surface area contributed by atoms with Crippen LogP contribution in [0.1, 0.15) is 12.8 Å². The molecule has 190 valence electrons. The van der Waals surface area contributed by atoms with Crippen LogP contribution in [-0.4, -0.2) is 65.7 Å². The fourth-order valence-electron chi connectivity index (χ4n) is 3.73. The first kappa shape index (κ1) is 27.1. The smallest absolute Gasteiger partial charge is 0.258 e. The first-order chi connectivity index (χ1) is 16.4. The number of hydrogen-bond donors (Lipinski definition) is 1. The van der Waals surface area contributed by atoms with E-state index in [-0.39, 0.29) is 37.4 Å². The number of piperidine rings is 1. The van der Waals surface area contributed by atoms with Crippen molar-refractivity contribution in [3.05, 3.63) is 59.0 Å². The van der Waals surface area contributed by atoms with Crippen LogP contribution < -0.4 is 10.1 Å². The van der Waals surface area contributed by atoms with Gasteiger partial charge in [-0.1, -0.05) is 35.9 Å². The van der Waals surface area contributed by atoms with Gasteiger partial charge in [0.15, 0.2) is 15.5 Å². The molecule has 1 fully saturated rings. The Balaban J connectivity index is 1.80. The molecular formula is C23H26ClFN2O6S2. The third kappa shape index (κ3) is 6.40. The Bertz CT molecular complexity index is 1340. The quantitative estimate of drug-likeness (QED) is 0.546. The molecule has 0 aromatic heterocycles. The molecule has 0 radical (unpaired) electrons. The molecule has 8 nitrogen and oxygen atoms in total. The van der Waals surface area contributed by atoms with Crippen molar-refractivity contribution in [1.29, 1.82) is 0 Å². The highest BCUT2D eigenvalue weighted by Crippen LogP contribution is 2.38. The average Bonchev–Trinajstić information content (AvgIpc) is 2.81. The summed E-state index contributed by atoms with van der Waals surface area (Å²) in [5.41, 5.74) is -1.41. The summed E-state index contributed by atoms with van der Waals surface area (Å²) in [4.78, 5) is 12.3. The van der Waals surface area contributed by atoms with Gasteiger partial charge in [0.2, 0.25) is 10.0 Å². The number of sulfone groups is 1. The van der Waals surface area contributed by atoms with Crippen molar-refractivity contribution in [1.82, 2.24) is 9.62 Å². The number of halogens is 2. The van der Waals surface area contributed by atoms with Gasteiger partial charge in [0, 0.05) is 60.3 Å². The zero-order chi connectivity index (χ0) is 25.9. The molecule has 0 atom stereocenters. The van der Waals surface area contributed by atoms with E-state index in [9.17, 15) is 21.6 Å². The Morgan fingerprint density at radius 3 is 2.40 bits per heavy atom. The monoisotopic (exact) mass is 544 g/mol. The molecule has 12 heteroatoms. The highest BCUT2D eigenvalue weighted by Gasteiger charge is 2.44.